The monoisotopic (exact) mass is 210 g/mol. The van der Waals surface area contributed by atoms with Gasteiger partial charge in [0, 0.05) is 13.1 Å². The molecule has 1 unspecified atom stereocenters. The quantitative estimate of drug-likeness (QED) is 0.712. The average Bonchev–Trinajstić information content (AvgIpc) is 2.58. The number of nitrogens with one attached hydrogen (secondary N) is 1. The number of rotatable bonds is 1. The average molecular weight is 210 g/mol. The van der Waals surface area contributed by atoms with Gasteiger partial charge >= 0.3 is 0 Å². The molecule has 3 heteroatoms. The Labute approximate surface area is 92.2 Å². The topological polar surface area (TPSA) is 32.3 Å². The van der Waals surface area contributed by atoms with E-state index in [1.54, 1.807) is 0 Å². The Bertz CT molecular complexity index is 204. The molecule has 2 rings (SSSR count). The van der Waals surface area contributed by atoms with Gasteiger partial charge in [-0.1, -0.05) is 19.3 Å². The number of amides is 1. The van der Waals surface area contributed by atoms with Gasteiger partial charge in [0.05, 0.1) is 6.04 Å². The molecular formula is C12H22N2O. The third kappa shape index (κ3) is 2.94. The Hall–Kier alpha value is -0.570. The van der Waals surface area contributed by atoms with E-state index in [0.717, 1.165) is 26.1 Å². The molecule has 2 aliphatic heterocycles. The minimum Gasteiger partial charge on any atom is -0.341 e. The van der Waals surface area contributed by atoms with Crippen molar-refractivity contribution in [3.63, 3.8) is 0 Å². The van der Waals surface area contributed by atoms with Gasteiger partial charge < -0.3 is 10.2 Å². The lowest BCUT2D eigenvalue weighted by Gasteiger charge is -2.29. The second kappa shape index (κ2) is 5.50. The van der Waals surface area contributed by atoms with Crippen LogP contribution in [0.25, 0.3) is 0 Å². The molecule has 0 aromatic rings. The third-order valence-corrected chi connectivity index (χ3v) is 3.53. The lowest BCUT2D eigenvalue weighted by molar-refractivity contribution is -0.134. The predicted octanol–water partition coefficient (Wildman–Crippen LogP) is 1.53. The Balaban J connectivity index is 1.87. The van der Waals surface area contributed by atoms with Crippen LogP contribution in [0.4, 0.5) is 0 Å². The minimum atomic E-state index is 0.122. The SMILES string of the molecule is O=C(C1CCCCN1)N1CCCCCC1. The highest BCUT2D eigenvalue weighted by Gasteiger charge is 2.25. The number of hydrogen-bond acceptors (Lipinski definition) is 2. The van der Waals surface area contributed by atoms with Crippen LogP contribution in [0.2, 0.25) is 0 Å². The molecule has 0 aliphatic carbocycles. The van der Waals surface area contributed by atoms with E-state index in [0.29, 0.717) is 5.91 Å². The Morgan fingerprint density at radius 1 is 1.00 bits per heavy atom. The molecule has 2 aliphatic rings. The first-order chi connectivity index (χ1) is 7.38. The third-order valence-electron chi connectivity index (χ3n) is 3.53. The van der Waals surface area contributed by atoms with E-state index < -0.39 is 0 Å². The van der Waals surface area contributed by atoms with Gasteiger partial charge in [-0.3, -0.25) is 4.79 Å². The summed E-state index contributed by atoms with van der Waals surface area (Å²) in [5.74, 6) is 0.358. The van der Waals surface area contributed by atoms with Gasteiger partial charge in [0.25, 0.3) is 0 Å². The van der Waals surface area contributed by atoms with Crippen LogP contribution in [0, 0.1) is 0 Å². The summed E-state index contributed by atoms with van der Waals surface area (Å²) in [4.78, 5) is 14.2. The van der Waals surface area contributed by atoms with Crippen LogP contribution in [0.5, 0.6) is 0 Å². The molecule has 1 atom stereocenters. The fourth-order valence-electron chi connectivity index (χ4n) is 2.57. The van der Waals surface area contributed by atoms with E-state index in [4.69, 9.17) is 0 Å². The molecule has 86 valence electrons. The summed E-state index contributed by atoms with van der Waals surface area (Å²) < 4.78 is 0. The lowest BCUT2D eigenvalue weighted by Crippen LogP contribution is -2.48. The van der Waals surface area contributed by atoms with Crippen molar-refractivity contribution < 1.29 is 4.79 Å². The highest BCUT2D eigenvalue weighted by molar-refractivity contribution is 5.82. The second-order valence-corrected chi connectivity index (χ2v) is 4.74. The highest BCUT2D eigenvalue weighted by atomic mass is 16.2. The van der Waals surface area contributed by atoms with Crippen molar-refractivity contribution >= 4 is 5.91 Å². The van der Waals surface area contributed by atoms with Gasteiger partial charge in [-0.15, -0.1) is 0 Å². The minimum absolute atomic E-state index is 0.122. The van der Waals surface area contributed by atoms with Gasteiger partial charge in [-0.2, -0.15) is 0 Å². The highest BCUT2D eigenvalue weighted by Crippen LogP contribution is 2.14. The molecular weight excluding hydrogens is 188 g/mol. The zero-order chi connectivity index (χ0) is 10.5. The van der Waals surface area contributed by atoms with Gasteiger partial charge in [0.1, 0.15) is 0 Å². The van der Waals surface area contributed by atoms with Crippen LogP contribution in [-0.2, 0) is 4.79 Å². The lowest BCUT2D eigenvalue weighted by atomic mass is 10.0. The van der Waals surface area contributed by atoms with Gasteiger partial charge in [-0.05, 0) is 32.2 Å². The molecule has 3 nitrogen and oxygen atoms in total. The van der Waals surface area contributed by atoms with Crippen LogP contribution in [-0.4, -0.2) is 36.5 Å². The van der Waals surface area contributed by atoms with Crippen molar-refractivity contribution in [1.82, 2.24) is 10.2 Å². The molecule has 0 bridgehead atoms. The van der Waals surface area contributed by atoms with Gasteiger partial charge in [0.15, 0.2) is 0 Å². The van der Waals surface area contributed by atoms with Gasteiger partial charge in [0.2, 0.25) is 5.91 Å². The number of piperidine rings is 1. The Kier molecular flexibility index (Phi) is 4.01. The first-order valence-electron chi connectivity index (χ1n) is 6.40. The van der Waals surface area contributed by atoms with Crippen molar-refractivity contribution in [2.45, 2.75) is 51.0 Å². The number of carbonyl (C=O) groups is 1. The standard InChI is InChI=1S/C12H22N2O/c15-12(11-7-3-4-8-13-11)14-9-5-1-2-6-10-14/h11,13H,1-10H2. The normalized spacial score (nSPS) is 28.5. The fourth-order valence-corrected chi connectivity index (χ4v) is 2.57. The molecule has 0 spiro atoms. The first kappa shape index (κ1) is 10.9. The maximum atomic E-state index is 12.2. The van der Waals surface area contributed by atoms with Crippen LogP contribution >= 0.6 is 0 Å². The first-order valence-corrected chi connectivity index (χ1v) is 6.40. The summed E-state index contributed by atoms with van der Waals surface area (Å²) in [5, 5.41) is 3.35. The molecule has 2 heterocycles. The van der Waals surface area contributed by atoms with E-state index in [9.17, 15) is 4.79 Å². The summed E-state index contributed by atoms with van der Waals surface area (Å²) in [6.07, 6.45) is 8.44. The van der Waals surface area contributed by atoms with Crippen LogP contribution in [0.3, 0.4) is 0 Å². The molecule has 2 saturated heterocycles. The van der Waals surface area contributed by atoms with E-state index in [2.05, 4.69) is 10.2 Å². The molecule has 0 radical (unpaired) electrons. The number of hydrogen-bond donors (Lipinski definition) is 1. The van der Waals surface area contributed by atoms with Crippen molar-refractivity contribution in [2.75, 3.05) is 19.6 Å². The maximum absolute atomic E-state index is 12.2. The van der Waals surface area contributed by atoms with Crippen LogP contribution in [0.1, 0.15) is 44.9 Å². The van der Waals surface area contributed by atoms with Gasteiger partial charge in [-0.25, -0.2) is 0 Å². The summed E-state index contributed by atoms with van der Waals surface area (Å²) >= 11 is 0. The molecule has 0 aromatic carbocycles. The zero-order valence-corrected chi connectivity index (χ0v) is 9.50. The summed E-state index contributed by atoms with van der Waals surface area (Å²) in [6.45, 7) is 2.98. The van der Waals surface area contributed by atoms with Crippen molar-refractivity contribution in [2.24, 2.45) is 0 Å². The smallest absolute Gasteiger partial charge is 0.239 e. The number of nitrogens with zero attached hydrogens (tertiary/aromatic N) is 1. The Morgan fingerprint density at radius 2 is 1.73 bits per heavy atom. The summed E-state index contributed by atoms with van der Waals surface area (Å²) in [7, 11) is 0. The predicted molar refractivity (Wildman–Crippen MR) is 60.7 cm³/mol. The molecule has 15 heavy (non-hydrogen) atoms. The number of likely N-dealkylation sites (tertiary alicyclic amines) is 1. The maximum Gasteiger partial charge on any atom is 0.239 e. The van der Waals surface area contributed by atoms with Crippen molar-refractivity contribution in [3.8, 4) is 0 Å². The number of carbonyl (C=O) groups excluding carboxylic acids is 1. The molecule has 2 fully saturated rings. The molecule has 0 saturated carbocycles. The second-order valence-electron chi connectivity index (χ2n) is 4.74. The Morgan fingerprint density at radius 3 is 2.33 bits per heavy atom. The molecule has 1 amide bonds. The van der Waals surface area contributed by atoms with E-state index in [-0.39, 0.29) is 6.04 Å². The van der Waals surface area contributed by atoms with E-state index >= 15 is 0 Å². The summed E-state index contributed by atoms with van der Waals surface area (Å²) in [5.41, 5.74) is 0. The van der Waals surface area contributed by atoms with Crippen LogP contribution in [0.15, 0.2) is 0 Å². The van der Waals surface area contributed by atoms with Crippen molar-refractivity contribution in [1.29, 1.82) is 0 Å². The van der Waals surface area contributed by atoms with E-state index in [1.807, 2.05) is 0 Å². The molecule has 0 aromatic heterocycles. The molecule has 1 N–H and O–H groups in total. The van der Waals surface area contributed by atoms with E-state index in [1.165, 1.54) is 38.5 Å². The van der Waals surface area contributed by atoms with Crippen molar-refractivity contribution in [3.05, 3.63) is 0 Å². The fraction of sp³-hybridized carbons (Fsp3) is 0.917. The van der Waals surface area contributed by atoms with Crippen LogP contribution < -0.4 is 5.32 Å². The zero-order valence-electron chi connectivity index (χ0n) is 9.50. The largest absolute Gasteiger partial charge is 0.341 e. The summed E-state index contributed by atoms with van der Waals surface area (Å²) in [6, 6.07) is 0.122.